The van der Waals surface area contributed by atoms with E-state index in [1.165, 1.54) is 33.8 Å². The minimum Gasteiger partial charge on any atom is -0.296 e. The van der Waals surface area contributed by atoms with Crippen LogP contribution < -0.4 is 9.62 Å². The summed E-state index contributed by atoms with van der Waals surface area (Å²) < 4.78 is 28.3. The van der Waals surface area contributed by atoms with Crippen LogP contribution >= 0.6 is 22.9 Å². The number of anilines is 2. The van der Waals surface area contributed by atoms with Crippen molar-refractivity contribution in [3.63, 3.8) is 0 Å². The Balaban J connectivity index is 1.64. The first kappa shape index (κ1) is 22.7. The van der Waals surface area contributed by atoms with E-state index in [1.54, 1.807) is 6.07 Å². The van der Waals surface area contributed by atoms with Gasteiger partial charge in [-0.15, -0.1) is 10.2 Å². The fraction of sp³-hybridized carbons (Fsp3) is 0.318. The lowest BCUT2D eigenvalue weighted by Gasteiger charge is -2.30. The number of hydrogen-bond donors (Lipinski definition) is 1. The Kier molecular flexibility index (Phi) is 6.00. The lowest BCUT2D eigenvalue weighted by atomic mass is 9.98. The Labute approximate surface area is 196 Å². The van der Waals surface area contributed by atoms with Crippen molar-refractivity contribution in [3.8, 4) is 0 Å². The zero-order valence-electron chi connectivity index (χ0n) is 17.9. The zero-order chi connectivity index (χ0) is 23.1. The maximum atomic E-state index is 13.4. The van der Waals surface area contributed by atoms with Gasteiger partial charge in [-0.05, 0) is 42.7 Å². The number of hydrogen-bond acceptors (Lipinski definition) is 6. The Morgan fingerprint density at radius 2 is 1.91 bits per heavy atom. The highest BCUT2D eigenvalue weighted by molar-refractivity contribution is 7.92. The molecule has 0 spiro atoms. The van der Waals surface area contributed by atoms with Gasteiger partial charge in [-0.25, -0.2) is 8.42 Å². The van der Waals surface area contributed by atoms with Crippen LogP contribution in [0.25, 0.3) is 0 Å². The molecule has 10 heteroatoms. The van der Waals surface area contributed by atoms with Crippen LogP contribution in [0.2, 0.25) is 5.02 Å². The van der Waals surface area contributed by atoms with Gasteiger partial charge in [-0.2, -0.15) is 0 Å². The molecule has 7 nitrogen and oxygen atoms in total. The van der Waals surface area contributed by atoms with Crippen LogP contribution in [-0.4, -0.2) is 31.1 Å². The number of carbonyl (C=O) groups is 1. The van der Waals surface area contributed by atoms with Gasteiger partial charge in [0.25, 0.3) is 15.9 Å². The Hall–Kier alpha value is -2.49. The molecule has 2 heterocycles. The van der Waals surface area contributed by atoms with Crippen LogP contribution in [0.4, 0.5) is 10.8 Å². The molecule has 0 atom stereocenters. The molecule has 1 aliphatic heterocycles. The highest BCUT2D eigenvalue weighted by Gasteiger charge is 2.30. The summed E-state index contributed by atoms with van der Waals surface area (Å²) in [4.78, 5) is 12.9. The molecular formula is C22H23ClN4O3S2. The number of fused-ring (bicyclic) bond motifs is 1. The number of carbonyl (C=O) groups excluding carboxylic acids is 1. The number of halogens is 1. The third-order valence-corrected chi connectivity index (χ3v) is 8.53. The summed E-state index contributed by atoms with van der Waals surface area (Å²) in [6, 6.07) is 11.6. The molecule has 0 saturated carbocycles. The topological polar surface area (TPSA) is 92.3 Å². The smallest absolute Gasteiger partial charge is 0.264 e. The van der Waals surface area contributed by atoms with Crippen molar-refractivity contribution in [3.05, 3.63) is 63.6 Å². The highest BCUT2D eigenvalue weighted by atomic mass is 35.5. The standard InChI is InChI=1S/C22H23ClN4O3S2/c1-22(2,3)20-25-26-21(31-20)24-19(28)16-13-15(10-11-17(16)23)32(29,30)27-12-6-8-14-7-4-5-9-18(14)27/h4-5,7,9-11,13H,6,8,12H2,1-3H3,(H,24,26,28). The van der Waals surface area contributed by atoms with Crippen LogP contribution in [0.5, 0.6) is 0 Å². The molecule has 0 unspecified atom stereocenters. The third-order valence-electron chi connectivity index (χ3n) is 5.13. The predicted octanol–water partition coefficient (Wildman–Crippen LogP) is 4.88. The van der Waals surface area contributed by atoms with Gasteiger partial charge in [0.15, 0.2) is 0 Å². The minimum absolute atomic E-state index is 0.0106. The number of benzene rings is 2. The number of nitrogens with zero attached hydrogens (tertiary/aromatic N) is 3. The second kappa shape index (κ2) is 8.46. The van der Waals surface area contributed by atoms with Crippen molar-refractivity contribution in [2.45, 2.75) is 43.9 Å². The summed E-state index contributed by atoms with van der Waals surface area (Å²) in [7, 11) is -3.87. The molecule has 168 valence electrons. The van der Waals surface area contributed by atoms with Crippen LogP contribution in [0.3, 0.4) is 0 Å². The molecule has 1 amide bonds. The monoisotopic (exact) mass is 490 g/mol. The summed E-state index contributed by atoms with van der Waals surface area (Å²) in [5.74, 6) is -0.539. The fourth-order valence-corrected chi connectivity index (χ4v) is 6.02. The van der Waals surface area contributed by atoms with Gasteiger partial charge in [-0.3, -0.25) is 14.4 Å². The maximum absolute atomic E-state index is 13.4. The van der Waals surface area contributed by atoms with E-state index in [1.807, 2.05) is 39.0 Å². The summed E-state index contributed by atoms with van der Waals surface area (Å²) in [6.07, 6.45) is 1.55. The Morgan fingerprint density at radius 1 is 1.16 bits per heavy atom. The van der Waals surface area contributed by atoms with Gasteiger partial charge in [0, 0.05) is 12.0 Å². The fourth-order valence-electron chi connectivity index (χ4n) is 3.46. The van der Waals surface area contributed by atoms with E-state index in [0.717, 1.165) is 23.4 Å². The van der Waals surface area contributed by atoms with Crippen LogP contribution in [0, 0.1) is 0 Å². The van der Waals surface area contributed by atoms with Crippen molar-refractivity contribution >= 4 is 49.7 Å². The summed E-state index contributed by atoms with van der Waals surface area (Å²) >= 11 is 7.52. The van der Waals surface area contributed by atoms with Crippen molar-refractivity contribution in [2.24, 2.45) is 0 Å². The number of para-hydroxylation sites is 1. The lowest BCUT2D eigenvalue weighted by molar-refractivity contribution is 0.102. The number of aryl methyl sites for hydroxylation is 1. The van der Waals surface area contributed by atoms with Gasteiger partial charge in [0.05, 0.1) is 21.2 Å². The van der Waals surface area contributed by atoms with E-state index in [2.05, 4.69) is 15.5 Å². The first-order chi connectivity index (χ1) is 15.1. The molecule has 4 rings (SSSR count). The molecule has 1 aliphatic rings. The van der Waals surface area contributed by atoms with E-state index < -0.39 is 15.9 Å². The van der Waals surface area contributed by atoms with E-state index in [9.17, 15) is 13.2 Å². The van der Waals surface area contributed by atoms with Gasteiger partial charge in [-0.1, -0.05) is 61.9 Å². The van der Waals surface area contributed by atoms with Crippen LogP contribution in [-0.2, 0) is 21.9 Å². The number of aromatic nitrogens is 2. The van der Waals surface area contributed by atoms with E-state index in [-0.39, 0.29) is 20.9 Å². The SMILES string of the molecule is CC(C)(C)c1nnc(NC(=O)c2cc(S(=O)(=O)N3CCCc4ccccc43)ccc2Cl)s1. The van der Waals surface area contributed by atoms with Crippen LogP contribution in [0.1, 0.15) is 48.1 Å². The molecular weight excluding hydrogens is 468 g/mol. The summed E-state index contributed by atoms with van der Waals surface area (Å²) in [5.41, 5.74) is 1.52. The van der Waals surface area contributed by atoms with Gasteiger partial charge >= 0.3 is 0 Å². The number of sulfonamides is 1. The molecule has 1 aromatic heterocycles. The molecule has 0 bridgehead atoms. The van der Waals surface area contributed by atoms with E-state index >= 15 is 0 Å². The van der Waals surface area contributed by atoms with Gasteiger partial charge < -0.3 is 0 Å². The normalized spacial score (nSPS) is 14.2. The Bertz CT molecular complexity index is 1280. The average Bonchev–Trinajstić information content (AvgIpc) is 3.22. The lowest BCUT2D eigenvalue weighted by Crippen LogP contribution is -2.35. The quantitative estimate of drug-likeness (QED) is 0.562. The number of rotatable bonds is 4. The second-order valence-corrected chi connectivity index (χ2v) is 11.8. The first-order valence-electron chi connectivity index (χ1n) is 10.1. The summed E-state index contributed by atoms with van der Waals surface area (Å²) in [5, 5.41) is 12.1. The van der Waals surface area contributed by atoms with Crippen molar-refractivity contribution < 1.29 is 13.2 Å². The molecule has 1 N–H and O–H groups in total. The molecule has 0 radical (unpaired) electrons. The molecule has 0 aliphatic carbocycles. The van der Waals surface area contributed by atoms with Gasteiger partial charge in [0.2, 0.25) is 5.13 Å². The van der Waals surface area contributed by atoms with Gasteiger partial charge in [0.1, 0.15) is 5.01 Å². The molecule has 0 saturated heterocycles. The maximum Gasteiger partial charge on any atom is 0.264 e. The molecule has 32 heavy (non-hydrogen) atoms. The zero-order valence-corrected chi connectivity index (χ0v) is 20.3. The highest BCUT2D eigenvalue weighted by Crippen LogP contribution is 2.33. The second-order valence-electron chi connectivity index (χ2n) is 8.57. The largest absolute Gasteiger partial charge is 0.296 e. The summed E-state index contributed by atoms with van der Waals surface area (Å²) in [6.45, 7) is 6.39. The van der Waals surface area contributed by atoms with Crippen molar-refractivity contribution in [1.82, 2.24) is 10.2 Å². The third kappa shape index (κ3) is 4.37. The number of nitrogens with one attached hydrogen (secondary N) is 1. The van der Waals surface area contributed by atoms with E-state index in [0.29, 0.717) is 17.4 Å². The van der Waals surface area contributed by atoms with Crippen LogP contribution in [0.15, 0.2) is 47.4 Å². The average molecular weight is 491 g/mol. The molecule has 3 aromatic rings. The number of amides is 1. The molecule has 0 fully saturated rings. The first-order valence-corrected chi connectivity index (χ1v) is 12.8. The van der Waals surface area contributed by atoms with Crippen molar-refractivity contribution in [1.29, 1.82) is 0 Å². The predicted molar refractivity (Wildman–Crippen MR) is 127 cm³/mol. The minimum atomic E-state index is -3.87. The Morgan fingerprint density at radius 3 is 2.62 bits per heavy atom. The molecule has 2 aromatic carbocycles. The van der Waals surface area contributed by atoms with Crippen molar-refractivity contribution in [2.75, 3.05) is 16.2 Å². The van der Waals surface area contributed by atoms with E-state index in [4.69, 9.17) is 11.6 Å².